The van der Waals surface area contributed by atoms with Crippen molar-refractivity contribution < 1.29 is 29.3 Å². The molecule has 1 amide bonds. The van der Waals surface area contributed by atoms with Gasteiger partial charge in [0.25, 0.3) is 5.91 Å². The van der Waals surface area contributed by atoms with Gasteiger partial charge in [-0.05, 0) is 55.4 Å². The van der Waals surface area contributed by atoms with Crippen molar-refractivity contribution in [3.63, 3.8) is 0 Å². The summed E-state index contributed by atoms with van der Waals surface area (Å²) >= 11 is 1.05. The van der Waals surface area contributed by atoms with Gasteiger partial charge < -0.3 is 20.3 Å². The Morgan fingerprint density at radius 1 is 1.26 bits per heavy atom. The molecule has 1 fully saturated rings. The summed E-state index contributed by atoms with van der Waals surface area (Å²) in [5.74, 6) is -1.45. The van der Waals surface area contributed by atoms with E-state index in [1.54, 1.807) is 30.3 Å². The summed E-state index contributed by atoms with van der Waals surface area (Å²) in [6.07, 6.45) is 1.57. The molecule has 0 aliphatic carbocycles. The lowest BCUT2D eigenvalue weighted by atomic mass is 10.1. The number of nitrogens with one attached hydrogen (secondary N) is 1. The first-order valence-electron chi connectivity index (χ1n) is 9.40. The molecule has 1 atom stereocenters. The van der Waals surface area contributed by atoms with Crippen LogP contribution in [0.4, 0.5) is 5.69 Å². The first-order valence-corrected chi connectivity index (χ1v) is 10.2. The maximum Gasteiger partial charge on any atom is 0.338 e. The number of carbonyl (C=O) groups excluding carboxylic acids is 2. The van der Waals surface area contributed by atoms with E-state index < -0.39 is 18.0 Å². The summed E-state index contributed by atoms with van der Waals surface area (Å²) in [5.41, 5.74) is 0.538. The fourth-order valence-corrected chi connectivity index (χ4v) is 3.66. The van der Waals surface area contributed by atoms with Gasteiger partial charge in [0.15, 0.2) is 17.1 Å². The van der Waals surface area contributed by atoms with Crippen molar-refractivity contribution in [1.29, 1.82) is 0 Å². The summed E-state index contributed by atoms with van der Waals surface area (Å²) in [6, 6.07) is 10.8. The number of aromatic hydroxyl groups is 1. The zero-order chi connectivity index (χ0) is 22.5. The SMILES string of the molecule is CCC(Oc1ccccc1/C=C1\SC(=Nc2ccc(O)cc2C(=O)O)NC1=O)C(C)=O. The fourth-order valence-electron chi connectivity index (χ4n) is 2.84. The summed E-state index contributed by atoms with van der Waals surface area (Å²) < 4.78 is 5.82. The molecule has 3 N–H and O–H groups in total. The van der Waals surface area contributed by atoms with Gasteiger partial charge in [-0.3, -0.25) is 9.59 Å². The number of hydrogen-bond acceptors (Lipinski definition) is 7. The van der Waals surface area contributed by atoms with Crippen molar-refractivity contribution in [3.05, 3.63) is 58.5 Å². The lowest BCUT2D eigenvalue weighted by Gasteiger charge is -2.16. The molecule has 0 aromatic heterocycles. The number of carboxylic acid groups (broad SMARTS) is 1. The van der Waals surface area contributed by atoms with Crippen LogP contribution in [0.25, 0.3) is 6.08 Å². The third-order valence-electron chi connectivity index (χ3n) is 4.38. The van der Waals surface area contributed by atoms with E-state index in [9.17, 15) is 24.6 Å². The predicted molar refractivity (Wildman–Crippen MR) is 118 cm³/mol. The van der Waals surface area contributed by atoms with Crippen LogP contribution in [0.2, 0.25) is 0 Å². The predicted octanol–water partition coefficient (Wildman–Crippen LogP) is 3.73. The lowest BCUT2D eigenvalue weighted by Crippen LogP contribution is -2.24. The number of carbonyl (C=O) groups is 3. The van der Waals surface area contributed by atoms with E-state index in [1.165, 1.54) is 19.1 Å². The van der Waals surface area contributed by atoms with E-state index >= 15 is 0 Å². The number of aromatic carboxylic acids is 1. The van der Waals surface area contributed by atoms with Crippen molar-refractivity contribution in [1.82, 2.24) is 5.32 Å². The number of Topliss-reactive ketones (excluding diaryl/α,β-unsaturated/α-hetero) is 1. The molecule has 1 aliphatic heterocycles. The van der Waals surface area contributed by atoms with Gasteiger partial charge >= 0.3 is 5.97 Å². The van der Waals surface area contributed by atoms with Gasteiger partial charge in [0.1, 0.15) is 11.5 Å². The Morgan fingerprint density at radius 2 is 2.00 bits per heavy atom. The number of nitrogens with zero attached hydrogens (tertiary/aromatic N) is 1. The van der Waals surface area contributed by atoms with Crippen molar-refractivity contribution in [2.45, 2.75) is 26.4 Å². The smallest absolute Gasteiger partial charge is 0.338 e. The van der Waals surface area contributed by atoms with Crippen molar-refractivity contribution in [2.75, 3.05) is 0 Å². The molecule has 1 unspecified atom stereocenters. The van der Waals surface area contributed by atoms with Crippen LogP contribution in [0.15, 0.2) is 52.4 Å². The third kappa shape index (κ3) is 5.32. The quantitative estimate of drug-likeness (QED) is 0.560. The minimum absolute atomic E-state index is 0.0875. The topological polar surface area (TPSA) is 125 Å². The number of ether oxygens (including phenoxy) is 1. The Kier molecular flexibility index (Phi) is 6.76. The van der Waals surface area contributed by atoms with E-state index in [1.807, 2.05) is 6.92 Å². The summed E-state index contributed by atoms with van der Waals surface area (Å²) in [7, 11) is 0. The average Bonchev–Trinajstić information content (AvgIpc) is 3.07. The first kappa shape index (κ1) is 22.1. The number of phenols is 1. The van der Waals surface area contributed by atoms with Crippen LogP contribution >= 0.6 is 11.8 Å². The molecule has 0 saturated carbocycles. The van der Waals surface area contributed by atoms with Crippen LogP contribution in [0, 0.1) is 0 Å². The summed E-state index contributed by atoms with van der Waals surface area (Å²) in [5, 5.41) is 21.6. The van der Waals surface area contributed by atoms with Crippen LogP contribution in [-0.4, -0.2) is 39.1 Å². The number of thioether (sulfide) groups is 1. The molecule has 9 heteroatoms. The fraction of sp³-hybridized carbons (Fsp3) is 0.182. The monoisotopic (exact) mass is 440 g/mol. The molecule has 3 rings (SSSR count). The minimum atomic E-state index is -1.25. The molecule has 2 aromatic carbocycles. The van der Waals surface area contributed by atoms with E-state index in [4.69, 9.17) is 4.74 Å². The van der Waals surface area contributed by atoms with Gasteiger partial charge in [0, 0.05) is 5.56 Å². The van der Waals surface area contributed by atoms with Crippen LogP contribution in [0.3, 0.4) is 0 Å². The number of ketones is 1. The zero-order valence-electron chi connectivity index (χ0n) is 16.8. The minimum Gasteiger partial charge on any atom is -0.508 e. The van der Waals surface area contributed by atoms with Gasteiger partial charge in [-0.15, -0.1) is 0 Å². The third-order valence-corrected chi connectivity index (χ3v) is 5.29. The molecular formula is C22H20N2O6S. The number of aliphatic imine (C=N–C) groups is 1. The Bertz CT molecular complexity index is 1110. The zero-order valence-corrected chi connectivity index (χ0v) is 17.6. The normalized spacial score (nSPS) is 16.9. The molecule has 1 saturated heterocycles. The van der Waals surface area contributed by atoms with Crippen molar-refractivity contribution in [2.24, 2.45) is 4.99 Å². The van der Waals surface area contributed by atoms with Gasteiger partial charge in [0.05, 0.1) is 16.2 Å². The van der Waals surface area contributed by atoms with Crippen LogP contribution in [0.1, 0.15) is 36.2 Å². The Morgan fingerprint density at radius 3 is 2.68 bits per heavy atom. The average molecular weight is 440 g/mol. The molecule has 2 aromatic rings. The van der Waals surface area contributed by atoms with Gasteiger partial charge in [-0.2, -0.15) is 0 Å². The number of amidine groups is 1. The number of carboxylic acids is 1. The standard InChI is InChI=1S/C22H20N2O6S/c1-3-17(12(2)25)30-18-7-5-4-6-13(18)10-19-20(27)24-22(31-19)23-16-9-8-14(26)11-15(16)21(28)29/h4-11,17,26H,3H2,1-2H3,(H,28,29)(H,23,24,27)/b19-10-. The lowest BCUT2D eigenvalue weighted by molar-refractivity contribution is -0.123. The Hall–Kier alpha value is -3.59. The largest absolute Gasteiger partial charge is 0.508 e. The molecule has 0 bridgehead atoms. The first-order chi connectivity index (χ1) is 14.8. The number of amides is 1. The molecule has 0 spiro atoms. The molecule has 160 valence electrons. The van der Waals surface area contributed by atoms with E-state index in [-0.39, 0.29) is 28.0 Å². The van der Waals surface area contributed by atoms with E-state index in [0.717, 1.165) is 17.8 Å². The number of phenolic OH excluding ortho intramolecular Hbond substituents is 1. The van der Waals surface area contributed by atoms with E-state index in [2.05, 4.69) is 10.3 Å². The van der Waals surface area contributed by atoms with Gasteiger partial charge in [-0.25, -0.2) is 9.79 Å². The van der Waals surface area contributed by atoms with Gasteiger partial charge in [0.2, 0.25) is 0 Å². The van der Waals surface area contributed by atoms with Crippen molar-refractivity contribution in [3.8, 4) is 11.5 Å². The van der Waals surface area contributed by atoms with Crippen molar-refractivity contribution >= 4 is 46.4 Å². The maximum atomic E-state index is 12.4. The molecule has 1 aliphatic rings. The number of rotatable bonds is 7. The number of para-hydroxylation sites is 1. The highest BCUT2D eigenvalue weighted by Crippen LogP contribution is 2.32. The molecule has 8 nitrogen and oxygen atoms in total. The second kappa shape index (κ2) is 9.48. The molecular weight excluding hydrogens is 420 g/mol. The molecule has 31 heavy (non-hydrogen) atoms. The summed E-state index contributed by atoms with van der Waals surface area (Å²) in [6.45, 7) is 3.32. The number of hydrogen-bond donors (Lipinski definition) is 3. The highest BCUT2D eigenvalue weighted by atomic mass is 32.2. The van der Waals surface area contributed by atoms with E-state index in [0.29, 0.717) is 22.6 Å². The Labute approximate surface area is 182 Å². The highest BCUT2D eigenvalue weighted by molar-refractivity contribution is 8.18. The second-order valence-electron chi connectivity index (χ2n) is 6.65. The van der Waals surface area contributed by atoms with Crippen LogP contribution in [-0.2, 0) is 9.59 Å². The molecule has 1 heterocycles. The van der Waals surface area contributed by atoms with Crippen LogP contribution in [0.5, 0.6) is 11.5 Å². The Balaban J connectivity index is 1.89. The molecule has 0 radical (unpaired) electrons. The highest BCUT2D eigenvalue weighted by Gasteiger charge is 2.25. The summed E-state index contributed by atoms with van der Waals surface area (Å²) in [4.78, 5) is 40.1. The second-order valence-corrected chi connectivity index (χ2v) is 7.68. The number of benzene rings is 2. The maximum absolute atomic E-state index is 12.4. The van der Waals surface area contributed by atoms with Crippen LogP contribution < -0.4 is 10.1 Å². The van der Waals surface area contributed by atoms with Gasteiger partial charge in [-0.1, -0.05) is 25.1 Å².